The van der Waals surface area contributed by atoms with Gasteiger partial charge in [0.25, 0.3) is 0 Å². The first kappa shape index (κ1) is 11.0. The molecule has 15 heavy (non-hydrogen) atoms. The molecule has 1 N–H and O–H groups in total. The van der Waals surface area contributed by atoms with Crippen molar-refractivity contribution in [3.8, 4) is 0 Å². The lowest BCUT2D eigenvalue weighted by atomic mass is 10.0. The van der Waals surface area contributed by atoms with Gasteiger partial charge in [0.05, 0.1) is 13.0 Å². The van der Waals surface area contributed by atoms with E-state index in [2.05, 4.69) is 0 Å². The topological polar surface area (TPSA) is 65.0 Å². The van der Waals surface area contributed by atoms with E-state index in [0.29, 0.717) is 0 Å². The van der Waals surface area contributed by atoms with Crippen molar-refractivity contribution in [3.05, 3.63) is 0 Å². The molecule has 0 radical (unpaired) electrons. The van der Waals surface area contributed by atoms with Crippen molar-refractivity contribution in [2.75, 3.05) is 6.61 Å². The lowest BCUT2D eigenvalue weighted by Gasteiger charge is -2.28. The van der Waals surface area contributed by atoms with Gasteiger partial charge in [-0.3, -0.25) is 4.79 Å². The molecule has 0 aromatic rings. The Hall–Kier alpha value is -0.490. The van der Waals surface area contributed by atoms with E-state index in [4.69, 9.17) is 14.2 Å². The van der Waals surface area contributed by atoms with E-state index in [-0.39, 0.29) is 24.9 Å². The van der Waals surface area contributed by atoms with E-state index >= 15 is 0 Å². The predicted octanol–water partition coefficient (Wildman–Crippen LogP) is 0.204. The summed E-state index contributed by atoms with van der Waals surface area (Å²) < 4.78 is 16.3. The Labute approximate surface area is 88.3 Å². The fraction of sp³-hybridized carbons (Fsp3) is 0.900. The van der Waals surface area contributed by atoms with Crippen LogP contribution < -0.4 is 0 Å². The molecule has 86 valence electrons. The number of aliphatic hydroxyl groups is 1. The highest BCUT2D eigenvalue weighted by atomic mass is 16.8. The molecule has 5 nitrogen and oxygen atoms in total. The van der Waals surface area contributed by atoms with Gasteiger partial charge in [-0.2, -0.15) is 0 Å². The summed E-state index contributed by atoms with van der Waals surface area (Å²) in [7, 11) is 0. The van der Waals surface area contributed by atoms with Gasteiger partial charge >= 0.3 is 0 Å². The Morgan fingerprint density at radius 2 is 2.13 bits per heavy atom. The monoisotopic (exact) mass is 216 g/mol. The fourth-order valence-electron chi connectivity index (χ4n) is 2.16. The second kappa shape index (κ2) is 3.25. The third-order valence-corrected chi connectivity index (χ3v) is 2.63. The van der Waals surface area contributed by atoms with Crippen molar-refractivity contribution in [1.82, 2.24) is 0 Å². The molecular formula is C10H16O5. The van der Waals surface area contributed by atoms with Crippen LogP contribution in [0, 0.1) is 0 Å². The summed E-state index contributed by atoms with van der Waals surface area (Å²) in [6.45, 7) is 5.23. The quantitative estimate of drug-likeness (QED) is 0.714. The van der Waals surface area contributed by atoms with Crippen molar-refractivity contribution in [2.45, 2.75) is 51.0 Å². The van der Waals surface area contributed by atoms with Crippen LogP contribution in [0.3, 0.4) is 0 Å². The zero-order chi connectivity index (χ0) is 11.3. The van der Waals surface area contributed by atoms with Crippen molar-refractivity contribution >= 4 is 5.78 Å². The van der Waals surface area contributed by atoms with E-state index in [9.17, 15) is 9.90 Å². The fourth-order valence-corrected chi connectivity index (χ4v) is 2.16. The second-order valence-electron chi connectivity index (χ2n) is 4.63. The zero-order valence-corrected chi connectivity index (χ0v) is 9.15. The molecule has 3 atom stereocenters. The normalized spacial score (nSPS) is 42.9. The van der Waals surface area contributed by atoms with Crippen LogP contribution in [0.1, 0.15) is 27.2 Å². The molecule has 2 aliphatic heterocycles. The van der Waals surface area contributed by atoms with E-state index in [1.165, 1.54) is 6.92 Å². The summed E-state index contributed by atoms with van der Waals surface area (Å²) in [4.78, 5) is 11.0. The summed E-state index contributed by atoms with van der Waals surface area (Å²) in [5.41, 5.74) is 0. The maximum Gasteiger partial charge on any atom is 0.202 e. The lowest BCUT2D eigenvalue weighted by Crippen LogP contribution is -2.44. The number of ether oxygens (including phenoxy) is 3. The van der Waals surface area contributed by atoms with Gasteiger partial charge in [-0.25, -0.2) is 0 Å². The van der Waals surface area contributed by atoms with E-state index in [1.54, 1.807) is 13.8 Å². The van der Waals surface area contributed by atoms with Gasteiger partial charge in [0.15, 0.2) is 5.79 Å². The van der Waals surface area contributed by atoms with Crippen LogP contribution in [0.15, 0.2) is 0 Å². The highest BCUT2D eigenvalue weighted by Crippen LogP contribution is 2.41. The summed E-state index contributed by atoms with van der Waals surface area (Å²) in [6.07, 6.45) is -0.922. The minimum Gasteiger partial charge on any atom is -0.363 e. The minimum absolute atomic E-state index is 0.0619. The molecule has 0 amide bonds. The second-order valence-corrected chi connectivity index (χ2v) is 4.63. The molecule has 2 heterocycles. The number of hydrogen-bond donors (Lipinski definition) is 1. The maximum atomic E-state index is 11.0. The average Bonchev–Trinajstić information content (AvgIpc) is 2.48. The van der Waals surface area contributed by atoms with Gasteiger partial charge in [0, 0.05) is 0 Å². The van der Waals surface area contributed by atoms with Gasteiger partial charge in [-0.05, 0) is 20.8 Å². The van der Waals surface area contributed by atoms with Crippen molar-refractivity contribution in [2.24, 2.45) is 0 Å². The largest absolute Gasteiger partial charge is 0.363 e. The minimum atomic E-state index is -1.52. The molecule has 0 saturated carbocycles. The molecule has 0 aromatic carbocycles. The molecule has 1 unspecified atom stereocenters. The van der Waals surface area contributed by atoms with Crippen LogP contribution in [0.2, 0.25) is 0 Å². The Morgan fingerprint density at radius 1 is 1.47 bits per heavy atom. The number of carbonyl (C=O) groups is 1. The molecule has 0 aromatic heterocycles. The molecule has 2 saturated heterocycles. The molecule has 2 fully saturated rings. The van der Waals surface area contributed by atoms with Crippen molar-refractivity contribution in [1.29, 1.82) is 0 Å². The van der Waals surface area contributed by atoms with Crippen LogP contribution in [-0.2, 0) is 19.0 Å². The van der Waals surface area contributed by atoms with Gasteiger partial charge in [0.1, 0.15) is 18.0 Å². The zero-order valence-electron chi connectivity index (χ0n) is 9.15. The maximum absolute atomic E-state index is 11.0. The summed E-state index contributed by atoms with van der Waals surface area (Å²) >= 11 is 0. The smallest absolute Gasteiger partial charge is 0.202 e. The van der Waals surface area contributed by atoms with Gasteiger partial charge in [-0.15, -0.1) is 0 Å². The molecule has 2 rings (SSSR count). The van der Waals surface area contributed by atoms with Crippen LogP contribution in [0.4, 0.5) is 0 Å². The van der Waals surface area contributed by atoms with Crippen LogP contribution in [-0.4, -0.2) is 41.3 Å². The molecular weight excluding hydrogens is 200 g/mol. The van der Waals surface area contributed by atoms with Gasteiger partial charge < -0.3 is 19.3 Å². The predicted molar refractivity (Wildman–Crippen MR) is 50.0 cm³/mol. The van der Waals surface area contributed by atoms with Gasteiger partial charge in [0.2, 0.25) is 5.79 Å². The van der Waals surface area contributed by atoms with Crippen molar-refractivity contribution < 1.29 is 24.1 Å². The molecule has 0 bridgehead atoms. The first-order chi connectivity index (χ1) is 6.82. The van der Waals surface area contributed by atoms with E-state index < -0.39 is 17.7 Å². The number of fused-ring (bicyclic) bond motifs is 1. The van der Waals surface area contributed by atoms with Gasteiger partial charge in [-0.1, -0.05) is 0 Å². The molecule has 2 aliphatic rings. The Morgan fingerprint density at radius 3 is 2.73 bits per heavy atom. The standard InChI is InChI=1S/C10H16O5/c1-6(11)4-10(12)8-7(5-13-10)14-9(2,3)15-8/h7-8,12H,4-5H2,1-3H3/t7-,8-,10?/m1/s1. The van der Waals surface area contributed by atoms with Crippen LogP contribution in [0.5, 0.6) is 0 Å². The molecule has 0 spiro atoms. The SMILES string of the molecule is CC(=O)CC1(O)OC[C@H]2OC(C)(C)O[C@H]21. The molecule has 5 heteroatoms. The highest BCUT2D eigenvalue weighted by molar-refractivity contribution is 5.76. The lowest BCUT2D eigenvalue weighted by molar-refractivity contribution is -0.259. The third kappa shape index (κ3) is 1.92. The number of ketones is 1. The summed E-state index contributed by atoms with van der Waals surface area (Å²) in [5.74, 6) is -2.37. The number of Topliss-reactive ketones (excluding diaryl/α,β-unsaturated/α-hetero) is 1. The summed E-state index contributed by atoms with van der Waals surface area (Å²) in [5, 5.41) is 10.1. The number of carbonyl (C=O) groups excluding carboxylic acids is 1. The first-order valence-corrected chi connectivity index (χ1v) is 5.04. The van der Waals surface area contributed by atoms with E-state index in [0.717, 1.165) is 0 Å². The van der Waals surface area contributed by atoms with Crippen molar-refractivity contribution in [3.63, 3.8) is 0 Å². The Kier molecular flexibility index (Phi) is 2.38. The van der Waals surface area contributed by atoms with E-state index in [1.807, 2.05) is 0 Å². The number of hydrogen-bond acceptors (Lipinski definition) is 5. The van der Waals surface area contributed by atoms with Crippen LogP contribution >= 0.6 is 0 Å². The highest BCUT2D eigenvalue weighted by Gasteiger charge is 2.58. The van der Waals surface area contributed by atoms with Crippen LogP contribution in [0.25, 0.3) is 0 Å². The third-order valence-electron chi connectivity index (χ3n) is 2.63. The number of rotatable bonds is 2. The summed E-state index contributed by atoms with van der Waals surface area (Å²) in [6, 6.07) is 0. The Balaban J connectivity index is 2.14. The molecule has 0 aliphatic carbocycles. The first-order valence-electron chi connectivity index (χ1n) is 5.04. The average molecular weight is 216 g/mol. The Bertz CT molecular complexity index is 288.